The van der Waals surface area contributed by atoms with E-state index < -0.39 is 5.82 Å². The fourth-order valence-electron chi connectivity index (χ4n) is 3.92. The van der Waals surface area contributed by atoms with Crippen LogP contribution in [0.2, 0.25) is 0 Å². The van der Waals surface area contributed by atoms with Crippen LogP contribution in [-0.2, 0) is 0 Å². The van der Waals surface area contributed by atoms with Gasteiger partial charge >= 0.3 is 0 Å². The Kier molecular flexibility index (Phi) is 4.71. The number of nitriles is 1. The van der Waals surface area contributed by atoms with E-state index in [1.54, 1.807) is 24.0 Å². The van der Waals surface area contributed by atoms with Crippen molar-refractivity contribution in [1.82, 2.24) is 24.9 Å². The van der Waals surface area contributed by atoms with E-state index in [1.807, 2.05) is 6.07 Å². The van der Waals surface area contributed by atoms with Crippen LogP contribution in [0.5, 0.6) is 5.75 Å². The zero-order valence-electron chi connectivity index (χ0n) is 16.7. The van der Waals surface area contributed by atoms with Gasteiger partial charge in [-0.1, -0.05) is 0 Å². The molecule has 9 heteroatoms. The van der Waals surface area contributed by atoms with Crippen LogP contribution in [0.1, 0.15) is 42.9 Å². The Hall–Kier alpha value is -3.25. The van der Waals surface area contributed by atoms with Crippen molar-refractivity contribution in [2.45, 2.75) is 37.6 Å². The fourth-order valence-corrected chi connectivity index (χ4v) is 3.92. The number of rotatable bonds is 5. The number of nitrogens with one attached hydrogen (secondary N) is 2. The maximum Gasteiger partial charge on any atom is 0.165 e. The third-order valence-corrected chi connectivity index (χ3v) is 5.66. The number of anilines is 1. The van der Waals surface area contributed by atoms with E-state index in [1.165, 1.54) is 6.07 Å². The third-order valence-electron chi connectivity index (χ3n) is 5.66. The zero-order chi connectivity index (χ0) is 20.7. The molecule has 2 fully saturated rings. The molecule has 30 heavy (non-hydrogen) atoms. The lowest BCUT2D eigenvalue weighted by atomic mass is 10.1. The second kappa shape index (κ2) is 7.54. The zero-order valence-corrected chi connectivity index (χ0v) is 16.7. The number of methoxy groups -OCH3 is 1. The molecular weight excluding hydrogens is 385 g/mol. The van der Waals surface area contributed by atoms with E-state index in [0.29, 0.717) is 28.7 Å². The van der Waals surface area contributed by atoms with E-state index in [4.69, 9.17) is 9.72 Å². The number of pyridine rings is 1. The monoisotopic (exact) mass is 407 g/mol. The first-order valence-corrected chi connectivity index (χ1v) is 10.2. The largest absolute Gasteiger partial charge is 0.493 e. The van der Waals surface area contributed by atoms with Crippen molar-refractivity contribution in [2.75, 3.05) is 25.5 Å². The molecule has 0 radical (unpaired) electrons. The maximum absolute atomic E-state index is 15.0. The van der Waals surface area contributed by atoms with Gasteiger partial charge in [0.1, 0.15) is 17.6 Å². The van der Waals surface area contributed by atoms with E-state index >= 15 is 0 Å². The normalized spacial score (nSPS) is 18.9. The average Bonchev–Trinajstić information content (AvgIpc) is 3.54. The van der Waals surface area contributed by atoms with Crippen molar-refractivity contribution >= 4 is 11.5 Å². The first kappa shape index (κ1) is 18.8. The first-order valence-electron chi connectivity index (χ1n) is 10.2. The van der Waals surface area contributed by atoms with Crippen molar-refractivity contribution in [3.8, 4) is 23.1 Å². The van der Waals surface area contributed by atoms with Crippen LogP contribution in [0.25, 0.3) is 16.9 Å². The second-order valence-electron chi connectivity index (χ2n) is 7.81. The summed E-state index contributed by atoms with van der Waals surface area (Å²) in [6.45, 7) is 1.76. The SMILES string of the molecule is COc1cn2ncc(-c3nc(N[C@@H]4CCCNC4)c(C#N)cc3F)c2nc1C1CC1. The smallest absolute Gasteiger partial charge is 0.165 e. The molecule has 4 heterocycles. The van der Waals surface area contributed by atoms with Gasteiger partial charge in [0.25, 0.3) is 0 Å². The van der Waals surface area contributed by atoms with Gasteiger partial charge in [0.2, 0.25) is 0 Å². The lowest BCUT2D eigenvalue weighted by molar-refractivity contribution is 0.403. The van der Waals surface area contributed by atoms with Gasteiger partial charge in [0.15, 0.2) is 17.2 Å². The molecule has 5 rings (SSSR count). The predicted octanol–water partition coefficient (Wildman–Crippen LogP) is 2.85. The molecular formula is C21H22FN7O. The fraction of sp³-hybridized carbons (Fsp3) is 0.429. The maximum atomic E-state index is 15.0. The third kappa shape index (κ3) is 3.33. The Bertz CT molecular complexity index is 1140. The Morgan fingerprint density at radius 3 is 2.90 bits per heavy atom. The summed E-state index contributed by atoms with van der Waals surface area (Å²) < 4.78 is 22.0. The molecule has 0 bridgehead atoms. The summed E-state index contributed by atoms with van der Waals surface area (Å²) in [5, 5.41) is 20.4. The molecule has 0 amide bonds. The molecule has 1 saturated heterocycles. The Labute approximate surface area is 173 Å². The summed E-state index contributed by atoms with van der Waals surface area (Å²) in [6, 6.07) is 3.42. The quantitative estimate of drug-likeness (QED) is 0.671. The summed E-state index contributed by atoms with van der Waals surface area (Å²) in [7, 11) is 1.61. The molecule has 3 aromatic heterocycles. The molecule has 8 nitrogen and oxygen atoms in total. The van der Waals surface area contributed by atoms with Gasteiger partial charge < -0.3 is 15.4 Å². The van der Waals surface area contributed by atoms with Crippen molar-refractivity contribution in [1.29, 1.82) is 5.26 Å². The topological polar surface area (TPSA) is 100 Å². The van der Waals surface area contributed by atoms with E-state index in [0.717, 1.165) is 44.5 Å². The van der Waals surface area contributed by atoms with Crippen LogP contribution in [0.4, 0.5) is 10.2 Å². The van der Waals surface area contributed by atoms with Crippen LogP contribution < -0.4 is 15.4 Å². The molecule has 0 unspecified atom stereocenters. The van der Waals surface area contributed by atoms with Gasteiger partial charge in [-0.3, -0.25) is 0 Å². The van der Waals surface area contributed by atoms with Crippen molar-refractivity contribution in [3.05, 3.63) is 35.5 Å². The average molecular weight is 407 g/mol. The second-order valence-corrected chi connectivity index (χ2v) is 7.81. The number of fused-ring (bicyclic) bond motifs is 1. The number of hydrogen-bond donors (Lipinski definition) is 2. The lowest BCUT2D eigenvalue weighted by Crippen LogP contribution is -2.38. The summed E-state index contributed by atoms with van der Waals surface area (Å²) >= 11 is 0. The highest BCUT2D eigenvalue weighted by atomic mass is 19.1. The number of ether oxygens (including phenoxy) is 1. The molecule has 1 aliphatic heterocycles. The van der Waals surface area contributed by atoms with E-state index in [-0.39, 0.29) is 17.3 Å². The highest BCUT2D eigenvalue weighted by Crippen LogP contribution is 2.43. The van der Waals surface area contributed by atoms with Crippen molar-refractivity contribution < 1.29 is 9.13 Å². The lowest BCUT2D eigenvalue weighted by Gasteiger charge is -2.24. The van der Waals surface area contributed by atoms with Gasteiger partial charge in [-0.2, -0.15) is 10.4 Å². The van der Waals surface area contributed by atoms with Crippen LogP contribution in [0.15, 0.2) is 18.5 Å². The summed E-state index contributed by atoms with van der Waals surface area (Å²) in [4.78, 5) is 9.25. The van der Waals surface area contributed by atoms with Gasteiger partial charge in [-0.25, -0.2) is 18.9 Å². The highest BCUT2D eigenvalue weighted by molar-refractivity contribution is 5.77. The Balaban J connectivity index is 1.59. The van der Waals surface area contributed by atoms with Crippen LogP contribution in [0, 0.1) is 17.1 Å². The number of hydrogen-bond acceptors (Lipinski definition) is 7. The van der Waals surface area contributed by atoms with Crippen molar-refractivity contribution in [2.24, 2.45) is 0 Å². The van der Waals surface area contributed by atoms with Gasteiger partial charge in [0, 0.05) is 18.5 Å². The Morgan fingerprint density at radius 2 is 2.20 bits per heavy atom. The molecule has 3 aromatic rings. The molecule has 0 spiro atoms. The molecule has 1 aliphatic carbocycles. The molecule has 1 saturated carbocycles. The van der Waals surface area contributed by atoms with Crippen LogP contribution >= 0.6 is 0 Å². The minimum Gasteiger partial charge on any atom is -0.493 e. The standard InChI is InChI=1S/C21H22FN7O/c1-30-17-11-29-21(28-18(17)12-4-5-12)15(10-25-29)19-16(22)7-13(8-23)20(27-19)26-14-3-2-6-24-9-14/h7,10-12,14,24H,2-6,9H2,1H3,(H,26,27)/t14-/m1/s1. The minimum absolute atomic E-state index is 0.134. The van der Waals surface area contributed by atoms with Crippen molar-refractivity contribution in [3.63, 3.8) is 0 Å². The molecule has 1 atom stereocenters. The van der Waals surface area contributed by atoms with E-state index in [2.05, 4.69) is 20.7 Å². The molecule has 2 aliphatic rings. The Morgan fingerprint density at radius 1 is 1.33 bits per heavy atom. The first-order chi connectivity index (χ1) is 14.7. The van der Waals surface area contributed by atoms with E-state index in [9.17, 15) is 9.65 Å². The summed E-state index contributed by atoms with van der Waals surface area (Å²) in [5.74, 6) is 0.861. The van der Waals surface area contributed by atoms with Gasteiger partial charge in [-0.15, -0.1) is 0 Å². The highest BCUT2D eigenvalue weighted by Gasteiger charge is 2.30. The molecule has 0 aromatic carbocycles. The predicted molar refractivity (Wildman–Crippen MR) is 109 cm³/mol. The summed E-state index contributed by atoms with van der Waals surface area (Å²) in [5.41, 5.74) is 2.21. The van der Waals surface area contributed by atoms with Crippen LogP contribution in [-0.4, -0.2) is 45.8 Å². The number of nitrogens with zero attached hydrogens (tertiary/aromatic N) is 5. The van der Waals surface area contributed by atoms with Crippen LogP contribution in [0.3, 0.4) is 0 Å². The van der Waals surface area contributed by atoms with Gasteiger partial charge in [0.05, 0.1) is 36.3 Å². The minimum atomic E-state index is -0.570. The number of aromatic nitrogens is 4. The molecule has 2 N–H and O–H groups in total. The number of piperidine rings is 1. The molecule has 154 valence electrons. The van der Waals surface area contributed by atoms with Gasteiger partial charge in [-0.05, 0) is 38.3 Å². The number of halogens is 1. The summed E-state index contributed by atoms with van der Waals surface area (Å²) in [6.07, 6.45) is 7.47.